The Labute approximate surface area is 197 Å². The van der Waals surface area contributed by atoms with Crippen molar-refractivity contribution in [1.29, 1.82) is 0 Å². The van der Waals surface area contributed by atoms with Crippen LogP contribution >= 0.6 is 0 Å². The second-order valence-corrected chi connectivity index (χ2v) is 7.30. The van der Waals surface area contributed by atoms with Crippen LogP contribution in [0.4, 0.5) is 19.1 Å². The van der Waals surface area contributed by atoms with Gasteiger partial charge in [-0.15, -0.1) is 13.2 Å². The Balaban J connectivity index is 1.40. The molecule has 1 aromatic carbocycles. The van der Waals surface area contributed by atoms with E-state index in [1.165, 1.54) is 12.1 Å². The first-order valence-electron chi connectivity index (χ1n) is 10.5. The average Bonchev–Trinajstić information content (AvgIpc) is 3.34. The Morgan fingerprint density at radius 3 is 2.60 bits per heavy atom. The number of hydrogen-bond acceptors (Lipinski definition) is 9. The Bertz CT molecular complexity index is 1210. The van der Waals surface area contributed by atoms with Gasteiger partial charge in [0.25, 0.3) is 5.89 Å². The number of hydrogen-bond donors (Lipinski definition) is 1. The molecule has 14 heteroatoms. The lowest BCUT2D eigenvalue weighted by molar-refractivity contribution is -0.274. The molecule has 0 aliphatic carbocycles. The van der Waals surface area contributed by atoms with E-state index in [9.17, 15) is 13.2 Å². The van der Waals surface area contributed by atoms with Gasteiger partial charge in [-0.2, -0.15) is 4.98 Å². The number of benzene rings is 1. The lowest BCUT2D eigenvalue weighted by Gasteiger charge is -2.26. The molecule has 184 valence electrons. The van der Waals surface area contributed by atoms with Gasteiger partial charge in [0.2, 0.25) is 11.8 Å². The van der Waals surface area contributed by atoms with E-state index in [2.05, 4.69) is 34.8 Å². The molecule has 2 N–H and O–H groups in total. The summed E-state index contributed by atoms with van der Waals surface area (Å²) in [5.74, 6) is 0.641. The van der Waals surface area contributed by atoms with Gasteiger partial charge in [0.05, 0.1) is 25.5 Å². The van der Waals surface area contributed by atoms with E-state index in [-0.39, 0.29) is 29.8 Å². The van der Waals surface area contributed by atoms with Crippen molar-refractivity contribution in [3.05, 3.63) is 48.1 Å². The minimum absolute atomic E-state index is 0.0539. The first kappa shape index (κ1) is 24.1. The Morgan fingerprint density at radius 2 is 1.89 bits per heavy atom. The number of aliphatic imine (C=N–C) groups is 2. The van der Waals surface area contributed by atoms with Crippen LogP contribution in [0.25, 0.3) is 11.4 Å². The molecule has 3 aromatic rings. The quantitative estimate of drug-likeness (QED) is 0.408. The van der Waals surface area contributed by atoms with Gasteiger partial charge >= 0.3 is 6.36 Å². The highest BCUT2D eigenvalue weighted by Crippen LogP contribution is 2.25. The molecule has 0 radical (unpaired) electrons. The Morgan fingerprint density at radius 1 is 1.14 bits per heavy atom. The van der Waals surface area contributed by atoms with Gasteiger partial charge in [-0.25, -0.2) is 15.0 Å². The fourth-order valence-corrected chi connectivity index (χ4v) is 3.09. The zero-order chi connectivity index (χ0) is 24.8. The van der Waals surface area contributed by atoms with Crippen LogP contribution in [-0.2, 0) is 11.3 Å². The summed E-state index contributed by atoms with van der Waals surface area (Å²) in [7, 11) is 0. The number of nitrogens with two attached hydrogens (primary N) is 1. The number of morpholine rings is 1. The van der Waals surface area contributed by atoms with Gasteiger partial charge in [0.15, 0.2) is 5.84 Å². The van der Waals surface area contributed by atoms with E-state index >= 15 is 0 Å². The highest BCUT2D eigenvalue weighted by atomic mass is 19.4. The first-order chi connectivity index (χ1) is 16.8. The number of aromatic nitrogens is 4. The molecule has 0 spiro atoms. The summed E-state index contributed by atoms with van der Waals surface area (Å²) in [5, 5.41) is 3.79. The van der Waals surface area contributed by atoms with Crippen LogP contribution in [0.1, 0.15) is 18.5 Å². The predicted molar refractivity (Wildman–Crippen MR) is 119 cm³/mol. The summed E-state index contributed by atoms with van der Waals surface area (Å²) in [6.07, 6.45) is -3.10. The molecule has 1 aliphatic rings. The minimum Gasteiger partial charge on any atom is -0.406 e. The number of rotatable bonds is 6. The standard InChI is InChI=1S/C21H21F3N8O3/c1-13(27-12-15-6-7-26-20(29-15)32-8-10-33-11-9-32)28-17(25)19-30-18(31-35-19)14-2-4-16(5-3-14)34-21(22,23)24/h2-7H,8-12H2,1H3,(H2,25,27,28). The summed E-state index contributed by atoms with van der Waals surface area (Å²) in [4.78, 5) is 23.5. The summed E-state index contributed by atoms with van der Waals surface area (Å²) in [6, 6.07) is 6.78. The van der Waals surface area contributed by atoms with Crippen LogP contribution < -0.4 is 15.4 Å². The number of ether oxygens (including phenoxy) is 2. The second-order valence-electron chi connectivity index (χ2n) is 7.30. The summed E-state index contributed by atoms with van der Waals surface area (Å²) in [5.41, 5.74) is 7.08. The molecule has 1 fully saturated rings. The van der Waals surface area contributed by atoms with Gasteiger partial charge in [-0.3, -0.25) is 4.99 Å². The maximum absolute atomic E-state index is 12.3. The largest absolute Gasteiger partial charge is 0.573 e. The van der Waals surface area contributed by atoms with Crippen LogP contribution in [-0.4, -0.2) is 64.4 Å². The van der Waals surface area contributed by atoms with E-state index in [0.717, 1.165) is 25.2 Å². The molecule has 2 aromatic heterocycles. The minimum atomic E-state index is -4.77. The maximum atomic E-state index is 12.3. The molecule has 1 aliphatic heterocycles. The predicted octanol–water partition coefficient (Wildman–Crippen LogP) is 2.59. The molecule has 11 nitrogen and oxygen atoms in total. The SMILES string of the molecule is CC(=NCc1ccnc(N2CCOCC2)n1)N=C(N)c1nc(-c2ccc(OC(F)(F)F)cc2)no1. The molecule has 35 heavy (non-hydrogen) atoms. The van der Waals surface area contributed by atoms with E-state index < -0.39 is 6.36 Å². The van der Waals surface area contributed by atoms with Gasteiger partial charge in [0, 0.05) is 24.8 Å². The van der Waals surface area contributed by atoms with Gasteiger partial charge in [0.1, 0.15) is 11.6 Å². The van der Waals surface area contributed by atoms with Crippen LogP contribution in [0.3, 0.4) is 0 Å². The molecule has 0 bridgehead atoms. The van der Waals surface area contributed by atoms with E-state index in [1.807, 2.05) is 4.90 Å². The zero-order valence-electron chi connectivity index (χ0n) is 18.6. The van der Waals surface area contributed by atoms with E-state index in [4.69, 9.17) is 15.0 Å². The Kier molecular flexibility index (Phi) is 7.19. The normalized spacial score (nSPS) is 15.4. The van der Waals surface area contributed by atoms with Gasteiger partial charge < -0.3 is 24.6 Å². The molecule has 0 unspecified atom stereocenters. The molecule has 0 atom stereocenters. The number of anilines is 1. The maximum Gasteiger partial charge on any atom is 0.573 e. The molecular formula is C21H21F3N8O3. The Hall–Kier alpha value is -4.07. The topological polar surface area (TPSA) is 137 Å². The number of amidine groups is 2. The van der Waals surface area contributed by atoms with Crippen molar-refractivity contribution in [2.45, 2.75) is 19.8 Å². The molecule has 4 rings (SSSR count). The van der Waals surface area contributed by atoms with E-state index in [0.29, 0.717) is 36.3 Å². The first-order valence-corrected chi connectivity index (χ1v) is 10.5. The number of halogens is 3. The highest BCUT2D eigenvalue weighted by Gasteiger charge is 2.31. The smallest absolute Gasteiger partial charge is 0.406 e. The van der Waals surface area contributed by atoms with Crippen molar-refractivity contribution in [1.82, 2.24) is 20.1 Å². The van der Waals surface area contributed by atoms with Crippen molar-refractivity contribution in [3.63, 3.8) is 0 Å². The summed E-state index contributed by atoms with van der Waals surface area (Å²) in [6.45, 7) is 4.65. The van der Waals surface area contributed by atoms with Gasteiger partial charge in [-0.1, -0.05) is 5.16 Å². The second kappa shape index (κ2) is 10.5. The van der Waals surface area contributed by atoms with Crippen LogP contribution in [0.2, 0.25) is 0 Å². The summed E-state index contributed by atoms with van der Waals surface area (Å²) >= 11 is 0. The van der Waals surface area contributed by atoms with Crippen molar-refractivity contribution in [3.8, 4) is 17.1 Å². The third kappa shape index (κ3) is 6.72. The molecule has 1 saturated heterocycles. The van der Waals surface area contributed by atoms with Crippen molar-refractivity contribution in [2.75, 3.05) is 31.2 Å². The average molecular weight is 490 g/mol. The lowest BCUT2D eigenvalue weighted by Crippen LogP contribution is -2.37. The van der Waals surface area contributed by atoms with Gasteiger partial charge in [-0.05, 0) is 37.3 Å². The molecular weight excluding hydrogens is 469 g/mol. The monoisotopic (exact) mass is 490 g/mol. The zero-order valence-corrected chi connectivity index (χ0v) is 18.6. The molecule has 0 amide bonds. The van der Waals surface area contributed by atoms with Crippen molar-refractivity contribution in [2.24, 2.45) is 15.7 Å². The summed E-state index contributed by atoms with van der Waals surface area (Å²) < 4.78 is 51.2. The van der Waals surface area contributed by atoms with Crippen LogP contribution in [0, 0.1) is 0 Å². The van der Waals surface area contributed by atoms with Crippen molar-refractivity contribution >= 4 is 17.6 Å². The van der Waals surface area contributed by atoms with Crippen LogP contribution in [0.15, 0.2) is 51.0 Å². The third-order valence-corrected chi connectivity index (χ3v) is 4.74. The number of nitrogens with zero attached hydrogens (tertiary/aromatic N) is 7. The highest BCUT2D eigenvalue weighted by molar-refractivity contribution is 6.02. The van der Waals surface area contributed by atoms with E-state index in [1.54, 1.807) is 19.2 Å². The third-order valence-electron chi connectivity index (χ3n) is 4.74. The van der Waals surface area contributed by atoms with Crippen LogP contribution in [0.5, 0.6) is 5.75 Å². The fourth-order valence-electron chi connectivity index (χ4n) is 3.09. The molecule has 0 saturated carbocycles. The molecule has 3 heterocycles. The van der Waals surface area contributed by atoms with Crippen molar-refractivity contribution < 1.29 is 27.2 Å². The fraction of sp³-hybridized carbons (Fsp3) is 0.333. The number of alkyl halides is 3. The lowest BCUT2D eigenvalue weighted by atomic mass is 10.2.